The molecule has 3 atom stereocenters. The molecular formula is C42H44ClN3O8. The van der Waals surface area contributed by atoms with Crippen LogP contribution in [0, 0.1) is 5.92 Å². The molecule has 1 aliphatic carbocycles. The van der Waals surface area contributed by atoms with E-state index in [1.54, 1.807) is 43.4 Å². The number of halogens is 1. The van der Waals surface area contributed by atoms with E-state index in [4.69, 9.17) is 21.1 Å². The number of aliphatic carboxylic acids is 1. The standard InChI is InChI=1S/C42H44ClN3O8/c1-45(42(52)54-26-36-34-15-9-7-13-32(34)33-14-8-10-16-35(33)36)31(22-28-17-19-30(43)20-18-28)24-38(47)44-25-37(41(51)53-3)46(2)40(50)29(23-39(48)49)21-27-11-5-4-6-12-27/h4-20,29,31,36-37H,21-26H2,1-3H3,(H,44,47)(H,48,49)/t29-,31+,37-/m1/s1. The molecule has 54 heavy (non-hydrogen) atoms. The number of esters is 1. The molecule has 0 aromatic heterocycles. The number of ether oxygens (including phenoxy) is 2. The van der Waals surface area contributed by atoms with Crippen molar-refractivity contribution < 1.29 is 38.6 Å². The van der Waals surface area contributed by atoms with E-state index in [1.807, 2.05) is 54.6 Å². The fourth-order valence-corrected chi connectivity index (χ4v) is 7.02. The van der Waals surface area contributed by atoms with Crippen molar-refractivity contribution >= 4 is 41.4 Å². The number of rotatable bonds is 16. The number of fused-ring (bicyclic) bond motifs is 3. The van der Waals surface area contributed by atoms with Gasteiger partial charge in [-0.15, -0.1) is 0 Å². The first-order valence-electron chi connectivity index (χ1n) is 17.7. The smallest absolute Gasteiger partial charge is 0.409 e. The molecule has 4 aromatic rings. The maximum Gasteiger partial charge on any atom is 0.409 e. The number of carbonyl (C=O) groups excluding carboxylic acids is 4. The van der Waals surface area contributed by atoms with E-state index < -0.39 is 54.3 Å². The minimum atomic E-state index is -1.24. The number of carboxylic acid groups (broad SMARTS) is 1. The number of nitrogens with one attached hydrogen (secondary N) is 1. The second kappa shape index (κ2) is 18.4. The van der Waals surface area contributed by atoms with Gasteiger partial charge in [0.15, 0.2) is 0 Å². The Labute approximate surface area is 319 Å². The molecule has 0 bridgehead atoms. The largest absolute Gasteiger partial charge is 0.481 e. The van der Waals surface area contributed by atoms with Crippen LogP contribution < -0.4 is 5.32 Å². The molecule has 0 heterocycles. The first-order valence-corrected chi connectivity index (χ1v) is 18.0. The third kappa shape index (κ3) is 9.84. The molecule has 12 heteroatoms. The highest BCUT2D eigenvalue weighted by atomic mass is 35.5. The number of amides is 3. The lowest BCUT2D eigenvalue weighted by Crippen LogP contribution is -2.52. The molecular weight excluding hydrogens is 710 g/mol. The highest BCUT2D eigenvalue weighted by molar-refractivity contribution is 6.30. The van der Waals surface area contributed by atoms with Crippen LogP contribution in [-0.2, 0) is 41.5 Å². The van der Waals surface area contributed by atoms with Gasteiger partial charge in [-0.05, 0) is 58.4 Å². The van der Waals surface area contributed by atoms with E-state index in [0.29, 0.717) is 11.4 Å². The lowest BCUT2D eigenvalue weighted by atomic mass is 9.94. The molecule has 0 saturated carbocycles. The van der Waals surface area contributed by atoms with Crippen LogP contribution in [0.25, 0.3) is 11.1 Å². The zero-order valence-electron chi connectivity index (χ0n) is 30.4. The van der Waals surface area contributed by atoms with Crippen molar-refractivity contribution in [2.75, 3.05) is 34.4 Å². The number of carbonyl (C=O) groups is 5. The van der Waals surface area contributed by atoms with Crippen molar-refractivity contribution in [2.24, 2.45) is 5.92 Å². The van der Waals surface area contributed by atoms with E-state index in [2.05, 4.69) is 17.4 Å². The summed E-state index contributed by atoms with van der Waals surface area (Å²) in [5.74, 6) is -4.13. The van der Waals surface area contributed by atoms with Gasteiger partial charge >= 0.3 is 18.0 Å². The van der Waals surface area contributed by atoms with E-state index in [9.17, 15) is 29.1 Å². The third-order valence-corrected chi connectivity index (χ3v) is 10.1. The Morgan fingerprint density at radius 2 is 1.33 bits per heavy atom. The maximum atomic E-state index is 13.6. The summed E-state index contributed by atoms with van der Waals surface area (Å²) in [5.41, 5.74) is 5.95. The molecule has 0 radical (unpaired) electrons. The first-order chi connectivity index (χ1) is 26.0. The Kier molecular flexibility index (Phi) is 13.5. The number of likely N-dealkylation sites (N-methyl/N-ethyl adjacent to an activating group) is 2. The van der Waals surface area contributed by atoms with Crippen molar-refractivity contribution in [1.82, 2.24) is 15.1 Å². The summed E-state index contributed by atoms with van der Waals surface area (Å²) in [5, 5.41) is 12.8. The predicted molar refractivity (Wildman–Crippen MR) is 204 cm³/mol. The maximum absolute atomic E-state index is 13.6. The van der Waals surface area contributed by atoms with Crippen LogP contribution in [0.4, 0.5) is 4.79 Å². The molecule has 0 unspecified atom stereocenters. The zero-order chi connectivity index (χ0) is 38.8. The molecule has 282 valence electrons. The molecule has 0 aliphatic heterocycles. The van der Waals surface area contributed by atoms with Crippen LogP contribution in [0.15, 0.2) is 103 Å². The summed E-state index contributed by atoms with van der Waals surface area (Å²) in [6.07, 6.45) is -0.785. The Morgan fingerprint density at radius 1 is 0.759 bits per heavy atom. The topological polar surface area (TPSA) is 143 Å². The van der Waals surface area contributed by atoms with Crippen LogP contribution in [0.3, 0.4) is 0 Å². The van der Waals surface area contributed by atoms with Gasteiger partial charge in [0.2, 0.25) is 11.8 Å². The average molecular weight is 754 g/mol. The van der Waals surface area contributed by atoms with Crippen LogP contribution in [-0.4, -0.2) is 91.2 Å². The molecule has 0 saturated heterocycles. The summed E-state index contributed by atoms with van der Waals surface area (Å²) in [7, 11) is 4.12. The first kappa shape index (κ1) is 39.5. The Hall–Kier alpha value is -5.68. The summed E-state index contributed by atoms with van der Waals surface area (Å²) in [6, 6.07) is 30.2. The Morgan fingerprint density at radius 3 is 1.93 bits per heavy atom. The van der Waals surface area contributed by atoms with Gasteiger partial charge in [0.05, 0.1) is 19.4 Å². The molecule has 2 N–H and O–H groups in total. The van der Waals surface area contributed by atoms with Crippen molar-refractivity contribution in [2.45, 2.75) is 43.7 Å². The summed E-state index contributed by atoms with van der Waals surface area (Å²) >= 11 is 6.12. The van der Waals surface area contributed by atoms with E-state index in [0.717, 1.165) is 38.3 Å². The fraction of sp³-hybridized carbons (Fsp3) is 0.310. The molecule has 11 nitrogen and oxygen atoms in total. The van der Waals surface area contributed by atoms with Gasteiger partial charge in [-0.2, -0.15) is 0 Å². The summed E-state index contributed by atoms with van der Waals surface area (Å²) < 4.78 is 10.9. The lowest BCUT2D eigenvalue weighted by molar-refractivity contribution is -0.154. The molecule has 0 fully saturated rings. The normalized spacial score (nSPS) is 13.4. The summed E-state index contributed by atoms with van der Waals surface area (Å²) in [4.78, 5) is 68.0. The molecule has 1 aliphatic rings. The van der Waals surface area contributed by atoms with Gasteiger partial charge in [-0.3, -0.25) is 14.4 Å². The van der Waals surface area contributed by atoms with Crippen molar-refractivity contribution in [3.63, 3.8) is 0 Å². The van der Waals surface area contributed by atoms with E-state index in [1.165, 1.54) is 19.1 Å². The molecule has 5 rings (SSSR count). The van der Waals surface area contributed by atoms with E-state index in [-0.39, 0.29) is 31.9 Å². The van der Waals surface area contributed by atoms with Gasteiger partial charge in [-0.25, -0.2) is 9.59 Å². The van der Waals surface area contributed by atoms with Gasteiger partial charge in [0, 0.05) is 44.0 Å². The Bertz CT molecular complexity index is 1910. The third-order valence-electron chi connectivity index (χ3n) is 9.85. The van der Waals surface area contributed by atoms with E-state index >= 15 is 0 Å². The van der Waals surface area contributed by atoms with Gasteiger partial charge in [-0.1, -0.05) is 103 Å². The average Bonchev–Trinajstić information content (AvgIpc) is 3.50. The van der Waals surface area contributed by atoms with Gasteiger partial charge in [0.25, 0.3) is 0 Å². The number of nitrogens with zero attached hydrogens (tertiary/aromatic N) is 2. The van der Waals surface area contributed by atoms with Crippen molar-refractivity contribution in [3.8, 4) is 11.1 Å². The number of hydrogen-bond acceptors (Lipinski definition) is 7. The lowest BCUT2D eigenvalue weighted by Gasteiger charge is -2.30. The number of benzene rings is 4. The minimum Gasteiger partial charge on any atom is -0.481 e. The molecule has 4 aromatic carbocycles. The van der Waals surface area contributed by atoms with Gasteiger partial charge < -0.3 is 29.7 Å². The van der Waals surface area contributed by atoms with Crippen molar-refractivity contribution in [1.29, 1.82) is 0 Å². The second-order valence-electron chi connectivity index (χ2n) is 13.4. The number of hydrogen-bond donors (Lipinski definition) is 2. The van der Waals surface area contributed by atoms with Crippen LogP contribution in [0.2, 0.25) is 5.02 Å². The SMILES string of the molecule is COC(=O)[C@@H](CNC(=O)C[C@H](Cc1ccc(Cl)cc1)N(C)C(=O)OCC1c2ccccc2-c2ccccc21)N(C)C(=O)[C@@H](CC(=O)O)Cc1ccccc1. The highest BCUT2D eigenvalue weighted by Crippen LogP contribution is 2.44. The zero-order valence-corrected chi connectivity index (χ0v) is 31.2. The fourth-order valence-electron chi connectivity index (χ4n) is 6.89. The van der Waals surface area contributed by atoms with Crippen molar-refractivity contribution in [3.05, 3.63) is 130 Å². The predicted octanol–water partition coefficient (Wildman–Crippen LogP) is 5.97. The number of methoxy groups -OCH3 is 1. The highest BCUT2D eigenvalue weighted by Gasteiger charge is 2.35. The molecule has 3 amide bonds. The monoisotopic (exact) mass is 753 g/mol. The quantitative estimate of drug-likeness (QED) is 0.133. The second-order valence-corrected chi connectivity index (χ2v) is 13.8. The summed E-state index contributed by atoms with van der Waals surface area (Å²) in [6.45, 7) is -0.202. The minimum absolute atomic E-state index is 0.103. The number of carboxylic acids is 1. The molecule has 0 spiro atoms. The van der Waals surface area contributed by atoms with Crippen LogP contribution in [0.5, 0.6) is 0 Å². The Balaban J connectivity index is 1.27. The van der Waals surface area contributed by atoms with Crippen LogP contribution in [0.1, 0.15) is 41.0 Å². The van der Waals surface area contributed by atoms with Crippen LogP contribution >= 0.6 is 11.6 Å². The van der Waals surface area contributed by atoms with Gasteiger partial charge in [0.1, 0.15) is 12.6 Å².